The Kier molecular flexibility index (Phi) is 10.3. The minimum absolute atomic E-state index is 0.219. The SMILES string of the molecule is CC(C)(C)N(C(C)(C)C)C(C)(C)C.c1ccc(CN(Cc2ccccc2)Cc2ccccc2)cc1. The van der Waals surface area contributed by atoms with Gasteiger partial charge in [0.2, 0.25) is 0 Å². The molecule has 3 aromatic carbocycles. The molecule has 0 amide bonds. The van der Waals surface area contributed by atoms with Crippen molar-refractivity contribution in [2.75, 3.05) is 0 Å². The first-order valence-electron chi connectivity index (χ1n) is 12.9. The van der Waals surface area contributed by atoms with Gasteiger partial charge in [0.15, 0.2) is 0 Å². The molecule has 0 saturated heterocycles. The molecule has 0 radical (unpaired) electrons. The van der Waals surface area contributed by atoms with E-state index in [-0.39, 0.29) is 16.6 Å². The lowest BCUT2D eigenvalue weighted by molar-refractivity contribution is -0.0402. The van der Waals surface area contributed by atoms with Crippen molar-refractivity contribution in [1.29, 1.82) is 0 Å². The van der Waals surface area contributed by atoms with E-state index in [1.807, 2.05) is 0 Å². The maximum atomic E-state index is 2.56. The highest BCUT2D eigenvalue weighted by Crippen LogP contribution is 2.32. The van der Waals surface area contributed by atoms with Crippen LogP contribution in [0.5, 0.6) is 0 Å². The summed E-state index contributed by atoms with van der Waals surface area (Å²) in [5, 5.41) is 0. The Hall–Kier alpha value is -2.42. The molecule has 3 aromatic rings. The molecular weight excluding hydrogens is 424 g/mol. The molecule has 2 nitrogen and oxygen atoms in total. The van der Waals surface area contributed by atoms with Gasteiger partial charge in [0, 0.05) is 36.3 Å². The predicted molar refractivity (Wildman–Crippen MR) is 153 cm³/mol. The van der Waals surface area contributed by atoms with Gasteiger partial charge in [-0.1, -0.05) is 91.0 Å². The van der Waals surface area contributed by atoms with Gasteiger partial charge < -0.3 is 0 Å². The van der Waals surface area contributed by atoms with Crippen molar-refractivity contribution in [2.24, 2.45) is 0 Å². The molecule has 3 rings (SSSR count). The molecule has 190 valence electrons. The highest BCUT2D eigenvalue weighted by Gasteiger charge is 2.38. The normalized spacial score (nSPS) is 12.4. The standard InChI is InChI=1S/C21H21N.C12H27N/c1-4-10-19(11-5-1)16-22(17-20-12-6-2-7-13-20)18-21-14-8-3-9-15-21;1-10(2,3)13(11(4,5)6)12(7,8)9/h1-15H,16-18H2;1-9H3. The van der Waals surface area contributed by atoms with Crippen molar-refractivity contribution in [2.45, 2.75) is 98.6 Å². The Bertz CT molecular complexity index is 827. The summed E-state index contributed by atoms with van der Waals surface area (Å²) in [5.41, 5.74) is 4.72. The lowest BCUT2D eigenvalue weighted by atomic mass is 9.88. The zero-order chi connectivity index (χ0) is 26.1. The fourth-order valence-corrected chi connectivity index (χ4v) is 5.71. The Morgan fingerprint density at radius 3 is 0.800 bits per heavy atom. The van der Waals surface area contributed by atoms with Crippen LogP contribution in [0.3, 0.4) is 0 Å². The van der Waals surface area contributed by atoms with Crippen LogP contribution in [0.4, 0.5) is 0 Å². The molecule has 0 saturated carbocycles. The molecule has 0 N–H and O–H groups in total. The van der Waals surface area contributed by atoms with Gasteiger partial charge in [0.05, 0.1) is 0 Å². The van der Waals surface area contributed by atoms with Crippen LogP contribution >= 0.6 is 0 Å². The molecule has 0 heterocycles. The molecule has 0 unspecified atom stereocenters. The summed E-state index contributed by atoms with van der Waals surface area (Å²) in [6.45, 7) is 23.4. The molecule has 0 atom stereocenters. The average molecular weight is 473 g/mol. The largest absolute Gasteiger partial charge is 0.291 e. The van der Waals surface area contributed by atoms with Gasteiger partial charge in [-0.25, -0.2) is 0 Å². The second-order valence-electron chi connectivity index (χ2n) is 12.4. The van der Waals surface area contributed by atoms with Crippen molar-refractivity contribution < 1.29 is 0 Å². The van der Waals surface area contributed by atoms with Crippen LogP contribution in [-0.2, 0) is 19.6 Å². The van der Waals surface area contributed by atoms with Gasteiger partial charge in [-0.2, -0.15) is 0 Å². The van der Waals surface area contributed by atoms with E-state index in [9.17, 15) is 0 Å². The molecule has 0 aromatic heterocycles. The van der Waals surface area contributed by atoms with Crippen LogP contribution in [0.25, 0.3) is 0 Å². The van der Waals surface area contributed by atoms with Crippen LogP contribution in [0.15, 0.2) is 91.0 Å². The molecule has 35 heavy (non-hydrogen) atoms. The van der Waals surface area contributed by atoms with Gasteiger partial charge in [0.25, 0.3) is 0 Å². The smallest absolute Gasteiger partial charge is 0.0240 e. The maximum absolute atomic E-state index is 2.56. The first-order valence-corrected chi connectivity index (χ1v) is 12.9. The first kappa shape index (κ1) is 28.8. The summed E-state index contributed by atoms with van der Waals surface area (Å²) in [6.07, 6.45) is 0. The first-order chi connectivity index (χ1) is 16.3. The maximum Gasteiger partial charge on any atom is 0.0240 e. The average Bonchev–Trinajstić information content (AvgIpc) is 2.73. The van der Waals surface area contributed by atoms with Crippen molar-refractivity contribution in [1.82, 2.24) is 9.80 Å². The predicted octanol–water partition coefficient (Wildman–Crippen LogP) is 8.57. The Morgan fingerprint density at radius 2 is 0.629 bits per heavy atom. The fourth-order valence-electron chi connectivity index (χ4n) is 5.71. The minimum atomic E-state index is 0.219. The molecule has 0 fully saturated rings. The molecule has 0 bridgehead atoms. The third-order valence-electron chi connectivity index (χ3n) is 5.76. The highest BCUT2D eigenvalue weighted by atomic mass is 15.3. The second kappa shape index (κ2) is 12.5. The second-order valence-corrected chi connectivity index (χ2v) is 12.4. The minimum Gasteiger partial charge on any atom is -0.291 e. The number of hydrogen-bond acceptors (Lipinski definition) is 2. The summed E-state index contributed by atoms with van der Waals surface area (Å²) < 4.78 is 0. The monoisotopic (exact) mass is 472 g/mol. The summed E-state index contributed by atoms with van der Waals surface area (Å²) in [6, 6.07) is 32.1. The summed E-state index contributed by atoms with van der Waals surface area (Å²) >= 11 is 0. The lowest BCUT2D eigenvalue weighted by Gasteiger charge is -2.53. The lowest BCUT2D eigenvalue weighted by Crippen LogP contribution is -2.60. The van der Waals surface area contributed by atoms with Crippen molar-refractivity contribution in [3.8, 4) is 0 Å². The molecular formula is C33H48N2. The number of hydrogen-bond donors (Lipinski definition) is 0. The topological polar surface area (TPSA) is 6.48 Å². The summed E-state index contributed by atoms with van der Waals surface area (Å²) in [7, 11) is 0. The van der Waals surface area contributed by atoms with Crippen molar-refractivity contribution in [3.63, 3.8) is 0 Å². The Labute approximate surface area is 216 Å². The van der Waals surface area contributed by atoms with Crippen molar-refractivity contribution in [3.05, 3.63) is 108 Å². The third-order valence-corrected chi connectivity index (χ3v) is 5.76. The Morgan fingerprint density at radius 1 is 0.400 bits per heavy atom. The molecule has 0 aliphatic carbocycles. The molecule has 0 aliphatic heterocycles. The van der Waals surface area contributed by atoms with Crippen LogP contribution in [-0.4, -0.2) is 26.4 Å². The van der Waals surface area contributed by atoms with Gasteiger partial charge in [-0.15, -0.1) is 0 Å². The van der Waals surface area contributed by atoms with E-state index in [0.717, 1.165) is 19.6 Å². The quantitative estimate of drug-likeness (QED) is 0.354. The third kappa shape index (κ3) is 10.4. The van der Waals surface area contributed by atoms with E-state index in [1.54, 1.807) is 0 Å². The van der Waals surface area contributed by atoms with E-state index in [2.05, 4.69) is 163 Å². The van der Waals surface area contributed by atoms with Crippen LogP contribution in [0.1, 0.15) is 79.0 Å². The van der Waals surface area contributed by atoms with Gasteiger partial charge >= 0.3 is 0 Å². The van der Waals surface area contributed by atoms with Crippen molar-refractivity contribution >= 4 is 0 Å². The van der Waals surface area contributed by atoms with Gasteiger partial charge in [-0.05, 0) is 79.0 Å². The number of nitrogens with zero attached hydrogens (tertiary/aromatic N) is 2. The van der Waals surface area contributed by atoms with E-state index >= 15 is 0 Å². The van der Waals surface area contributed by atoms with Gasteiger partial charge in [-0.3, -0.25) is 9.80 Å². The number of benzene rings is 3. The summed E-state index contributed by atoms with van der Waals surface area (Å²) in [5.74, 6) is 0. The fraction of sp³-hybridized carbons (Fsp3) is 0.455. The molecule has 0 aliphatic rings. The van der Waals surface area contributed by atoms with E-state index < -0.39 is 0 Å². The summed E-state index contributed by atoms with van der Waals surface area (Å²) in [4.78, 5) is 5.05. The molecule has 0 spiro atoms. The van der Waals surface area contributed by atoms with E-state index in [4.69, 9.17) is 0 Å². The molecule has 2 heteroatoms. The van der Waals surface area contributed by atoms with Crippen LogP contribution < -0.4 is 0 Å². The zero-order valence-corrected chi connectivity index (χ0v) is 23.7. The van der Waals surface area contributed by atoms with E-state index in [1.165, 1.54) is 16.7 Å². The van der Waals surface area contributed by atoms with E-state index in [0.29, 0.717) is 0 Å². The number of rotatable bonds is 6. The zero-order valence-electron chi connectivity index (χ0n) is 23.7. The van der Waals surface area contributed by atoms with Crippen LogP contribution in [0.2, 0.25) is 0 Å². The highest BCUT2D eigenvalue weighted by molar-refractivity contribution is 5.19. The van der Waals surface area contributed by atoms with Gasteiger partial charge in [0.1, 0.15) is 0 Å². The van der Waals surface area contributed by atoms with Crippen LogP contribution in [0, 0.1) is 0 Å². The Balaban J connectivity index is 0.000000287.